The lowest BCUT2D eigenvalue weighted by atomic mass is 10.2. The van der Waals surface area contributed by atoms with Crippen LogP contribution in [-0.2, 0) is 9.47 Å². The van der Waals surface area contributed by atoms with Gasteiger partial charge in [-0.1, -0.05) is 6.92 Å². The van der Waals surface area contributed by atoms with Crippen LogP contribution in [0.15, 0.2) is 0 Å². The first-order chi connectivity index (χ1) is 8.20. The fourth-order valence-corrected chi connectivity index (χ4v) is 1.28. The molecule has 0 spiro atoms. The van der Waals surface area contributed by atoms with Gasteiger partial charge in [0.1, 0.15) is 0 Å². The Bertz CT molecular complexity index is 157. The van der Waals surface area contributed by atoms with Gasteiger partial charge in [0.05, 0.1) is 32.0 Å². The normalized spacial score (nSPS) is 14.8. The SMILES string of the molecule is CCOCCOCC(O)CNCCC(O)CC. The fourth-order valence-electron chi connectivity index (χ4n) is 1.28. The second-order valence-corrected chi connectivity index (χ2v) is 3.98. The van der Waals surface area contributed by atoms with Crippen molar-refractivity contribution in [1.29, 1.82) is 0 Å². The molecular weight excluding hydrogens is 222 g/mol. The molecule has 0 aromatic carbocycles. The first-order valence-electron chi connectivity index (χ1n) is 6.43. The molecule has 5 heteroatoms. The van der Waals surface area contributed by atoms with Crippen LogP contribution in [0.1, 0.15) is 26.7 Å². The van der Waals surface area contributed by atoms with E-state index in [0.29, 0.717) is 45.9 Å². The van der Waals surface area contributed by atoms with Gasteiger partial charge in [-0.3, -0.25) is 0 Å². The predicted molar refractivity (Wildman–Crippen MR) is 67.1 cm³/mol. The molecule has 0 bridgehead atoms. The highest BCUT2D eigenvalue weighted by Crippen LogP contribution is 1.94. The Kier molecular flexibility index (Phi) is 12.1. The third-order valence-corrected chi connectivity index (χ3v) is 2.39. The molecule has 0 saturated heterocycles. The molecule has 0 saturated carbocycles. The van der Waals surface area contributed by atoms with Crippen LogP contribution in [0.4, 0.5) is 0 Å². The van der Waals surface area contributed by atoms with Crippen molar-refractivity contribution in [1.82, 2.24) is 5.32 Å². The number of aliphatic hydroxyl groups excluding tert-OH is 2. The van der Waals surface area contributed by atoms with Crippen molar-refractivity contribution in [3.05, 3.63) is 0 Å². The van der Waals surface area contributed by atoms with Crippen LogP contribution in [0.2, 0.25) is 0 Å². The van der Waals surface area contributed by atoms with Gasteiger partial charge in [0, 0.05) is 13.2 Å². The highest BCUT2D eigenvalue weighted by molar-refractivity contribution is 4.60. The van der Waals surface area contributed by atoms with Gasteiger partial charge in [-0.15, -0.1) is 0 Å². The van der Waals surface area contributed by atoms with Gasteiger partial charge in [-0.25, -0.2) is 0 Å². The van der Waals surface area contributed by atoms with Gasteiger partial charge in [-0.2, -0.15) is 0 Å². The number of ether oxygens (including phenoxy) is 2. The molecule has 2 unspecified atom stereocenters. The topological polar surface area (TPSA) is 71.0 Å². The number of hydrogen-bond donors (Lipinski definition) is 3. The Morgan fingerprint density at radius 1 is 1.06 bits per heavy atom. The standard InChI is InChI=1S/C12H27NO4/c1-3-11(14)5-6-13-9-12(15)10-17-8-7-16-4-2/h11-15H,3-10H2,1-2H3. The number of rotatable bonds is 12. The van der Waals surface area contributed by atoms with Crippen LogP contribution in [0, 0.1) is 0 Å². The number of hydrogen-bond acceptors (Lipinski definition) is 5. The Balaban J connectivity index is 3.20. The Morgan fingerprint density at radius 2 is 1.76 bits per heavy atom. The van der Waals surface area contributed by atoms with Crippen molar-refractivity contribution in [2.45, 2.75) is 38.9 Å². The van der Waals surface area contributed by atoms with Crippen molar-refractivity contribution in [2.24, 2.45) is 0 Å². The summed E-state index contributed by atoms with van der Waals surface area (Å²) >= 11 is 0. The van der Waals surface area contributed by atoms with Gasteiger partial charge in [0.25, 0.3) is 0 Å². The van der Waals surface area contributed by atoms with Crippen molar-refractivity contribution in [2.75, 3.05) is 39.5 Å². The van der Waals surface area contributed by atoms with Crippen LogP contribution in [-0.4, -0.2) is 61.9 Å². The second-order valence-electron chi connectivity index (χ2n) is 3.98. The molecule has 5 nitrogen and oxygen atoms in total. The summed E-state index contributed by atoms with van der Waals surface area (Å²) in [4.78, 5) is 0. The minimum atomic E-state index is -0.504. The zero-order valence-corrected chi connectivity index (χ0v) is 11.0. The highest BCUT2D eigenvalue weighted by Gasteiger charge is 2.04. The maximum Gasteiger partial charge on any atom is 0.0897 e. The molecule has 17 heavy (non-hydrogen) atoms. The molecule has 2 atom stereocenters. The van der Waals surface area contributed by atoms with E-state index in [1.807, 2.05) is 13.8 Å². The molecule has 0 rings (SSSR count). The van der Waals surface area contributed by atoms with Gasteiger partial charge >= 0.3 is 0 Å². The van der Waals surface area contributed by atoms with Crippen LogP contribution >= 0.6 is 0 Å². The largest absolute Gasteiger partial charge is 0.393 e. The van der Waals surface area contributed by atoms with E-state index in [4.69, 9.17) is 9.47 Å². The molecule has 0 amide bonds. The zero-order valence-electron chi connectivity index (χ0n) is 11.0. The number of aliphatic hydroxyl groups is 2. The summed E-state index contributed by atoms with van der Waals surface area (Å²) in [6.07, 6.45) is 0.733. The van der Waals surface area contributed by atoms with Crippen molar-refractivity contribution in [3.8, 4) is 0 Å². The van der Waals surface area contributed by atoms with Crippen LogP contribution in [0.3, 0.4) is 0 Å². The van der Waals surface area contributed by atoms with E-state index in [1.165, 1.54) is 0 Å². The zero-order chi connectivity index (χ0) is 12.9. The van der Waals surface area contributed by atoms with Crippen molar-refractivity contribution < 1.29 is 19.7 Å². The summed E-state index contributed by atoms with van der Waals surface area (Å²) in [6, 6.07) is 0. The summed E-state index contributed by atoms with van der Waals surface area (Å²) in [5.74, 6) is 0. The highest BCUT2D eigenvalue weighted by atomic mass is 16.5. The van der Waals surface area contributed by atoms with E-state index in [9.17, 15) is 10.2 Å². The summed E-state index contributed by atoms with van der Waals surface area (Å²) in [6.45, 7) is 7.17. The maximum absolute atomic E-state index is 9.54. The first kappa shape index (κ1) is 16.8. The Labute approximate surface area is 104 Å². The van der Waals surface area contributed by atoms with E-state index < -0.39 is 6.10 Å². The molecule has 0 heterocycles. The Hall–Kier alpha value is -0.200. The minimum Gasteiger partial charge on any atom is -0.393 e. The average molecular weight is 249 g/mol. The molecule has 0 aliphatic heterocycles. The summed E-state index contributed by atoms with van der Waals surface area (Å²) in [5, 5.41) is 21.9. The Morgan fingerprint density at radius 3 is 2.41 bits per heavy atom. The molecule has 0 aromatic rings. The maximum atomic E-state index is 9.54. The molecule has 3 N–H and O–H groups in total. The van der Waals surface area contributed by atoms with E-state index >= 15 is 0 Å². The van der Waals surface area contributed by atoms with Crippen LogP contribution < -0.4 is 5.32 Å². The van der Waals surface area contributed by atoms with Gasteiger partial charge in [-0.05, 0) is 26.3 Å². The van der Waals surface area contributed by atoms with E-state index in [-0.39, 0.29) is 6.10 Å². The predicted octanol–water partition coefficient (Wildman–Crippen LogP) is 0.151. The van der Waals surface area contributed by atoms with Gasteiger partial charge < -0.3 is 25.0 Å². The molecule has 104 valence electrons. The third kappa shape index (κ3) is 12.1. The quantitative estimate of drug-likeness (QED) is 0.430. The second kappa shape index (κ2) is 12.3. The molecule has 0 radical (unpaired) electrons. The monoisotopic (exact) mass is 249 g/mol. The molecule has 0 aliphatic rings. The lowest BCUT2D eigenvalue weighted by molar-refractivity contribution is 0.00631. The van der Waals surface area contributed by atoms with Crippen molar-refractivity contribution >= 4 is 0 Å². The lowest BCUT2D eigenvalue weighted by Crippen LogP contribution is -2.32. The summed E-state index contributed by atoms with van der Waals surface area (Å²) < 4.78 is 10.3. The molecular formula is C12H27NO4. The molecule has 0 aliphatic carbocycles. The first-order valence-corrected chi connectivity index (χ1v) is 6.43. The molecule has 0 aromatic heterocycles. The van der Waals surface area contributed by atoms with E-state index in [0.717, 1.165) is 6.42 Å². The average Bonchev–Trinajstić information content (AvgIpc) is 2.34. The number of nitrogens with one attached hydrogen (secondary N) is 1. The van der Waals surface area contributed by atoms with Gasteiger partial charge in [0.2, 0.25) is 0 Å². The van der Waals surface area contributed by atoms with Crippen LogP contribution in [0.25, 0.3) is 0 Å². The smallest absolute Gasteiger partial charge is 0.0897 e. The lowest BCUT2D eigenvalue weighted by Gasteiger charge is -2.13. The summed E-state index contributed by atoms with van der Waals surface area (Å²) in [5.41, 5.74) is 0. The van der Waals surface area contributed by atoms with Gasteiger partial charge in [0.15, 0.2) is 0 Å². The van der Waals surface area contributed by atoms with E-state index in [1.54, 1.807) is 0 Å². The molecule has 0 fully saturated rings. The van der Waals surface area contributed by atoms with Crippen molar-refractivity contribution in [3.63, 3.8) is 0 Å². The summed E-state index contributed by atoms with van der Waals surface area (Å²) in [7, 11) is 0. The van der Waals surface area contributed by atoms with E-state index in [2.05, 4.69) is 5.32 Å². The van der Waals surface area contributed by atoms with Crippen LogP contribution in [0.5, 0.6) is 0 Å². The third-order valence-electron chi connectivity index (χ3n) is 2.39. The fraction of sp³-hybridized carbons (Fsp3) is 1.00. The minimum absolute atomic E-state index is 0.248.